The molecule has 2 atom stereocenters. The molecular formula is C28H33NO4. The molecule has 0 aromatic heterocycles. The third kappa shape index (κ3) is 4.01. The number of allylic oxidation sites excluding steroid dienone is 1. The number of anilines is 1. The molecule has 1 fully saturated rings. The summed E-state index contributed by atoms with van der Waals surface area (Å²) in [4.78, 5) is 11.4. The van der Waals surface area contributed by atoms with Crippen LogP contribution in [0.4, 0.5) is 5.69 Å². The van der Waals surface area contributed by atoms with Gasteiger partial charge in [-0.15, -0.1) is 0 Å². The quantitative estimate of drug-likeness (QED) is 0.380. The van der Waals surface area contributed by atoms with E-state index in [9.17, 15) is 9.90 Å². The Morgan fingerprint density at radius 3 is 2.73 bits per heavy atom. The van der Waals surface area contributed by atoms with E-state index in [1.165, 1.54) is 11.1 Å². The summed E-state index contributed by atoms with van der Waals surface area (Å²) in [6.07, 6.45) is 2.42. The molecule has 2 aliphatic rings. The Balaban J connectivity index is 1.55. The maximum Gasteiger partial charge on any atom is 0.307 e. The molecule has 2 aromatic carbocycles. The molecule has 0 amide bonds. The molecule has 33 heavy (non-hydrogen) atoms. The lowest BCUT2D eigenvalue weighted by atomic mass is 9.91. The van der Waals surface area contributed by atoms with Crippen molar-refractivity contribution < 1.29 is 19.4 Å². The molecule has 0 bridgehead atoms. The molecule has 1 heterocycles. The summed E-state index contributed by atoms with van der Waals surface area (Å²) in [5.41, 5.74) is 7.30. The van der Waals surface area contributed by atoms with Crippen LogP contribution in [0, 0.1) is 12.8 Å². The Hall–Kier alpha value is -3.21. The Morgan fingerprint density at radius 1 is 1.30 bits per heavy atom. The lowest BCUT2D eigenvalue weighted by molar-refractivity contribution is -0.139. The van der Waals surface area contributed by atoms with Gasteiger partial charge in [0.2, 0.25) is 0 Å². The highest BCUT2D eigenvalue weighted by molar-refractivity contribution is 5.80. The van der Waals surface area contributed by atoms with Crippen LogP contribution in [0.15, 0.2) is 54.3 Å². The van der Waals surface area contributed by atoms with Gasteiger partial charge in [-0.3, -0.25) is 4.79 Å². The van der Waals surface area contributed by atoms with Crippen LogP contribution >= 0.6 is 0 Å². The number of benzene rings is 2. The molecule has 0 saturated heterocycles. The van der Waals surface area contributed by atoms with Gasteiger partial charge in [0.05, 0.1) is 19.6 Å². The normalized spacial score (nSPS) is 21.2. The van der Waals surface area contributed by atoms with E-state index in [1.54, 1.807) is 7.11 Å². The molecule has 174 valence electrons. The van der Waals surface area contributed by atoms with Gasteiger partial charge in [0.15, 0.2) is 0 Å². The number of aliphatic carboxylic acids is 1. The van der Waals surface area contributed by atoms with Gasteiger partial charge in [0.1, 0.15) is 11.5 Å². The monoisotopic (exact) mass is 447 g/mol. The first-order valence-corrected chi connectivity index (χ1v) is 11.6. The first kappa shape index (κ1) is 23.0. The fraction of sp³-hybridized carbons (Fsp3) is 0.393. The zero-order chi connectivity index (χ0) is 23.8. The average Bonchev–Trinajstić information content (AvgIpc) is 3.45. The van der Waals surface area contributed by atoms with Gasteiger partial charge < -0.3 is 19.9 Å². The van der Waals surface area contributed by atoms with Gasteiger partial charge >= 0.3 is 5.97 Å². The predicted octanol–water partition coefficient (Wildman–Crippen LogP) is 5.73. The average molecular weight is 448 g/mol. The van der Waals surface area contributed by atoms with E-state index in [0.717, 1.165) is 52.3 Å². The van der Waals surface area contributed by atoms with Crippen LogP contribution in [0.3, 0.4) is 0 Å². The minimum atomic E-state index is -0.737. The summed E-state index contributed by atoms with van der Waals surface area (Å²) in [7, 11) is 1.71. The van der Waals surface area contributed by atoms with Crippen LogP contribution < -0.4 is 10.1 Å². The number of carboxylic acid groups (broad SMARTS) is 1. The second-order valence-electron chi connectivity index (χ2n) is 9.04. The SMILES string of the molecule is C=C(/C(OC)=C(\CC)CNc1ccc2c(c1)OC[C@@]21CC1C(=O)O)c1c(C)cccc1CC. The number of hydrogen-bond acceptors (Lipinski definition) is 4. The summed E-state index contributed by atoms with van der Waals surface area (Å²) in [6.45, 7) is 11.9. The Labute approximate surface area is 196 Å². The zero-order valence-electron chi connectivity index (χ0n) is 20.0. The number of carboxylic acids is 1. The molecular weight excluding hydrogens is 414 g/mol. The lowest BCUT2D eigenvalue weighted by Gasteiger charge is -2.20. The number of aryl methyl sites for hydroxylation is 2. The number of rotatable bonds is 9. The van der Waals surface area contributed by atoms with Gasteiger partial charge in [-0.2, -0.15) is 0 Å². The van der Waals surface area contributed by atoms with Crippen molar-refractivity contribution in [3.63, 3.8) is 0 Å². The van der Waals surface area contributed by atoms with Crippen LogP contribution in [-0.4, -0.2) is 31.3 Å². The van der Waals surface area contributed by atoms with Crippen LogP contribution in [0.2, 0.25) is 0 Å². The van der Waals surface area contributed by atoms with Crippen molar-refractivity contribution in [2.24, 2.45) is 5.92 Å². The van der Waals surface area contributed by atoms with E-state index in [1.807, 2.05) is 18.2 Å². The van der Waals surface area contributed by atoms with Crippen molar-refractivity contribution in [1.29, 1.82) is 0 Å². The summed E-state index contributed by atoms with van der Waals surface area (Å²) < 4.78 is 11.7. The first-order valence-electron chi connectivity index (χ1n) is 11.6. The van der Waals surface area contributed by atoms with Crippen molar-refractivity contribution in [3.05, 3.63) is 76.6 Å². The van der Waals surface area contributed by atoms with Gasteiger partial charge in [-0.05, 0) is 54.5 Å². The number of carbonyl (C=O) groups is 1. The minimum absolute atomic E-state index is 0.334. The topological polar surface area (TPSA) is 67.8 Å². The van der Waals surface area contributed by atoms with Crippen molar-refractivity contribution in [2.45, 2.75) is 45.4 Å². The summed E-state index contributed by atoms with van der Waals surface area (Å²) >= 11 is 0. The highest BCUT2D eigenvalue weighted by atomic mass is 16.5. The molecule has 5 heteroatoms. The summed E-state index contributed by atoms with van der Waals surface area (Å²) in [5.74, 6) is 0.540. The standard InChI is InChI=1S/C28H33NO4/c1-6-19-10-8-9-17(3)25(19)18(4)26(32-5)20(7-2)15-29-21-11-12-22-24(13-21)33-16-28(22)14-23(28)27(30)31/h8-13,23,29H,4,6-7,14-16H2,1-3,5H3,(H,30,31)/b26-20-/t23?,28-/m0/s1. The van der Waals surface area contributed by atoms with E-state index >= 15 is 0 Å². The third-order valence-electron chi connectivity index (χ3n) is 7.15. The number of hydrogen-bond donors (Lipinski definition) is 2. The van der Waals surface area contributed by atoms with Crippen LogP contribution in [0.5, 0.6) is 5.75 Å². The summed E-state index contributed by atoms with van der Waals surface area (Å²) in [5, 5.41) is 12.9. The number of methoxy groups -OCH3 is 1. The Kier molecular flexibility index (Phi) is 6.24. The second-order valence-corrected chi connectivity index (χ2v) is 9.04. The maximum absolute atomic E-state index is 11.4. The fourth-order valence-electron chi connectivity index (χ4n) is 5.16. The van der Waals surface area contributed by atoms with Crippen molar-refractivity contribution in [3.8, 4) is 5.75 Å². The highest BCUT2D eigenvalue weighted by Crippen LogP contribution is 2.60. The Morgan fingerprint density at radius 2 is 2.09 bits per heavy atom. The Bertz CT molecular complexity index is 1130. The molecule has 5 nitrogen and oxygen atoms in total. The minimum Gasteiger partial charge on any atom is -0.496 e. The van der Waals surface area contributed by atoms with Crippen molar-refractivity contribution in [2.75, 3.05) is 25.6 Å². The van der Waals surface area contributed by atoms with Crippen LogP contribution in [0.25, 0.3) is 5.57 Å². The second kappa shape index (κ2) is 8.97. The van der Waals surface area contributed by atoms with Crippen molar-refractivity contribution in [1.82, 2.24) is 0 Å². The largest absolute Gasteiger partial charge is 0.496 e. The van der Waals surface area contributed by atoms with Crippen molar-refractivity contribution >= 4 is 17.2 Å². The van der Waals surface area contributed by atoms with E-state index < -0.39 is 5.97 Å². The van der Waals surface area contributed by atoms with Crippen LogP contribution in [-0.2, 0) is 21.4 Å². The highest BCUT2D eigenvalue weighted by Gasteiger charge is 2.63. The molecule has 1 aliphatic heterocycles. The van der Waals surface area contributed by atoms with E-state index in [-0.39, 0.29) is 11.3 Å². The molecule has 0 radical (unpaired) electrons. The molecule has 1 saturated carbocycles. The predicted molar refractivity (Wildman–Crippen MR) is 132 cm³/mol. The first-order chi connectivity index (χ1) is 15.9. The van der Waals surface area contributed by atoms with E-state index in [0.29, 0.717) is 19.6 Å². The number of nitrogens with one attached hydrogen (secondary N) is 1. The zero-order valence-corrected chi connectivity index (χ0v) is 20.0. The van der Waals surface area contributed by atoms with Gasteiger partial charge in [-0.1, -0.05) is 44.7 Å². The van der Waals surface area contributed by atoms with E-state index in [2.05, 4.69) is 50.9 Å². The van der Waals surface area contributed by atoms with Gasteiger partial charge in [-0.25, -0.2) is 0 Å². The van der Waals surface area contributed by atoms with Crippen LogP contribution in [0.1, 0.15) is 48.9 Å². The lowest BCUT2D eigenvalue weighted by Crippen LogP contribution is -2.16. The molecule has 1 unspecified atom stereocenters. The molecule has 1 spiro atoms. The molecule has 2 N–H and O–H groups in total. The molecule has 4 rings (SSSR count). The smallest absolute Gasteiger partial charge is 0.307 e. The van der Waals surface area contributed by atoms with Gasteiger partial charge in [0, 0.05) is 34.9 Å². The molecule has 1 aliphatic carbocycles. The maximum atomic E-state index is 11.4. The number of ether oxygens (including phenoxy) is 2. The summed E-state index contributed by atoms with van der Waals surface area (Å²) in [6, 6.07) is 12.4. The molecule has 2 aromatic rings. The number of fused-ring (bicyclic) bond motifs is 2. The fourth-order valence-corrected chi connectivity index (χ4v) is 5.16. The van der Waals surface area contributed by atoms with E-state index in [4.69, 9.17) is 9.47 Å². The van der Waals surface area contributed by atoms with Gasteiger partial charge in [0.25, 0.3) is 0 Å². The third-order valence-corrected chi connectivity index (χ3v) is 7.15.